The van der Waals surface area contributed by atoms with Crippen LogP contribution in [0.1, 0.15) is 30.5 Å². The van der Waals surface area contributed by atoms with Crippen LogP contribution in [0.25, 0.3) is 0 Å². The average molecular weight is 249 g/mol. The molecule has 1 heterocycles. The van der Waals surface area contributed by atoms with E-state index in [2.05, 4.69) is 17.4 Å². The van der Waals surface area contributed by atoms with E-state index < -0.39 is 0 Å². The van der Waals surface area contributed by atoms with Crippen molar-refractivity contribution in [3.05, 3.63) is 35.4 Å². The Hall–Kier alpha value is -1.39. The van der Waals surface area contributed by atoms with Crippen LogP contribution in [0.15, 0.2) is 24.3 Å². The van der Waals surface area contributed by atoms with Crippen molar-refractivity contribution in [3.8, 4) is 0 Å². The molecule has 1 unspecified atom stereocenters. The van der Waals surface area contributed by atoms with Crippen molar-refractivity contribution in [1.82, 2.24) is 5.32 Å². The molecule has 0 aromatic heterocycles. The number of carbonyl (C=O) groups is 1. The van der Waals surface area contributed by atoms with Crippen molar-refractivity contribution in [3.63, 3.8) is 0 Å². The van der Waals surface area contributed by atoms with Crippen molar-refractivity contribution < 1.29 is 14.3 Å². The highest BCUT2D eigenvalue weighted by atomic mass is 16.5. The Morgan fingerprint density at radius 2 is 2.33 bits per heavy atom. The fourth-order valence-corrected chi connectivity index (χ4v) is 2.13. The van der Waals surface area contributed by atoms with Crippen LogP contribution in [0.5, 0.6) is 0 Å². The van der Waals surface area contributed by atoms with E-state index in [-0.39, 0.29) is 12.0 Å². The van der Waals surface area contributed by atoms with E-state index in [1.165, 1.54) is 11.1 Å². The first kappa shape index (κ1) is 13.1. The molecule has 1 atom stereocenters. The van der Waals surface area contributed by atoms with E-state index in [1.807, 2.05) is 19.1 Å². The van der Waals surface area contributed by atoms with Gasteiger partial charge in [0.1, 0.15) is 0 Å². The largest absolute Gasteiger partial charge is 0.466 e. The van der Waals surface area contributed by atoms with Crippen molar-refractivity contribution in [2.24, 2.45) is 0 Å². The molecular weight excluding hydrogens is 230 g/mol. The topological polar surface area (TPSA) is 47.6 Å². The van der Waals surface area contributed by atoms with Gasteiger partial charge < -0.3 is 14.8 Å². The molecule has 0 fully saturated rings. The Labute approximate surface area is 107 Å². The average Bonchev–Trinajstić information content (AvgIpc) is 2.39. The number of ether oxygens (including phenoxy) is 2. The highest BCUT2D eigenvalue weighted by molar-refractivity contribution is 5.69. The highest BCUT2D eigenvalue weighted by Crippen LogP contribution is 2.24. The number of hydrogen-bond donors (Lipinski definition) is 1. The SMILES string of the molecule is CCOC(=O)CCNC1COCc2ccccc21. The lowest BCUT2D eigenvalue weighted by molar-refractivity contribution is -0.143. The molecule has 0 aliphatic carbocycles. The maximum atomic E-state index is 11.2. The molecule has 1 N–H and O–H groups in total. The summed E-state index contributed by atoms with van der Waals surface area (Å²) in [4.78, 5) is 11.2. The van der Waals surface area contributed by atoms with Crippen molar-refractivity contribution in [1.29, 1.82) is 0 Å². The van der Waals surface area contributed by atoms with Crippen LogP contribution in [0, 0.1) is 0 Å². The zero-order valence-corrected chi connectivity index (χ0v) is 10.6. The Kier molecular flexibility index (Phi) is 4.73. The van der Waals surface area contributed by atoms with Crippen LogP contribution in [0.3, 0.4) is 0 Å². The minimum Gasteiger partial charge on any atom is -0.466 e. The first-order valence-electron chi connectivity index (χ1n) is 6.35. The van der Waals surface area contributed by atoms with Crippen molar-refractivity contribution in [2.45, 2.75) is 26.0 Å². The molecule has 2 rings (SSSR count). The zero-order valence-electron chi connectivity index (χ0n) is 10.6. The molecule has 0 amide bonds. The lowest BCUT2D eigenvalue weighted by Gasteiger charge is -2.26. The minimum absolute atomic E-state index is 0.157. The maximum absolute atomic E-state index is 11.2. The van der Waals surface area contributed by atoms with E-state index in [0.717, 1.165) is 0 Å². The van der Waals surface area contributed by atoms with E-state index in [9.17, 15) is 4.79 Å². The number of fused-ring (bicyclic) bond motifs is 1. The molecule has 0 spiro atoms. The van der Waals surface area contributed by atoms with Gasteiger partial charge in [-0.15, -0.1) is 0 Å². The molecule has 0 saturated carbocycles. The molecule has 0 bridgehead atoms. The second-order valence-electron chi connectivity index (χ2n) is 4.28. The standard InChI is InChI=1S/C14H19NO3/c1-2-18-14(16)7-8-15-13-10-17-9-11-5-3-4-6-12(11)13/h3-6,13,15H,2,7-10H2,1H3. The van der Waals surface area contributed by atoms with E-state index in [1.54, 1.807) is 0 Å². The fraction of sp³-hybridized carbons (Fsp3) is 0.500. The Morgan fingerprint density at radius 1 is 1.50 bits per heavy atom. The molecule has 1 aromatic carbocycles. The molecule has 0 saturated heterocycles. The van der Waals surface area contributed by atoms with Gasteiger partial charge in [-0.2, -0.15) is 0 Å². The molecule has 98 valence electrons. The third-order valence-corrected chi connectivity index (χ3v) is 3.00. The number of rotatable bonds is 5. The van der Waals surface area contributed by atoms with E-state index >= 15 is 0 Å². The normalized spacial score (nSPS) is 18.2. The summed E-state index contributed by atoms with van der Waals surface area (Å²) in [5.74, 6) is -0.157. The third kappa shape index (κ3) is 3.31. The van der Waals surface area contributed by atoms with Gasteiger partial charge >= 0.3 is 5.97 Å². The molecule has 4 heteroatoms. The molecule has 18 heavy (non-hydrogen) atoms. The first-order chi connectivity index (χ1) is 8.81. The van der Waals surface area contributed by atoms with Gasteiger partial charge in [0.2, 0.25) is 0 Å². The number of esters is 1. The van der Waals surface area contributed by atoms with Crippen molar-refractivity contribution >= 4 is 5.97 Å². The van der Waals surface area contributed by atoms with Crippen LogP contribution in [-0.2, 0) is 20.9 Å². The van der Waals surface area contributed by atoms with Crippen LogP contribution >= 0.6 is 0 Å². The summed E-state index contributed by atoms with van der Waals surface area (Å²) in [6.45, 7) is 4.19. The Balaban J connectivity index is 1.86. The van der Waals surface area contributed by atoms with E-state index in [4.69, 9.17) is 9.47 Å². The summed E-state index contributed by atoms with van der Waals surface area (Å²) in [5.41, 5.74) is 2.49. The molecule has 0 radical (unpaired) electrons. The summed E-state index contributed by atoms with van der Waals surface area (Å²) in [7, 11) is 0. The van der Waals surface area contributed by atoms with Crippen LogP contribution < -0.4 is 5.32 Å². The summed E-state index contributed by atoms with van der Waals surface area (Å²) < 4.78 is 10.4. The van der Waals surface area contributed by atoms with Gasteiger partial charge in [0.25, 0.3) is 0 Å². The summed E-state index contributed by atoms with van der Waals surface area (Å²) in [5, 5.41) is 3.34. The highest BCUT2D eigenvalue weighted by Gasteiger charge is 2.19. The summed E-state index contributed by atoms with van der Waals surface area (Å²) >= 11 is 0. The van der Waals surface area contributed by atoms with Gasteiger partial charge in [-0.05, 0) is 18.1 Å². The maximum Gasteiger partial charge on any atom is 0.307 e. The van der Waals surface area contributed by atoms with Crippen LogP contribution in [0.4, 0.5) is 0 Å². The summed E-state index contributed by atoms with van der Waals surface area (Å²) in [6, 6.07) is 8.41. The Morgan fingerprint density at radius 3 is 3.17 bits per heavy atom. The molecular formula is C14H19NO3. The molecule has 1 aliphatic rings. The van der Waals surface area contributed by atoms with Crippen LogP contribution in [-0.4, -0.2) is 25.7 Å². The molecule has 1 aliphatic heterocycles. The number of nitrogens with one attached hydrogen (secondary N) is 1. The first-order valence-corrected chi connectivity index (χ1v) is 6.35. The second kappa shape index (κ2) is 6.52. The fourth-order valence-electron chi connectivity index (χ4n) is 2.13. The second-order valence-corrected chi connectivity index (χ2v) is 4.28. The third-order valence-electron chi connectivity index (χ3n) is 3.00. The predicted octanol–water partition coefficient (Wildman–Crippen LogP) is 1.80. The van der Waals surface area contributed by atoms with Gasteiger partial charge in [0.05, 0.1) is 32.3 Å². The minimum atomic E-state index is -0.157. The van der Waals surface area contributed by atoms with Gasteiger partial charge in [-0.3, -0.25) is 4.79 Å². The Bertz CT molecular complexity index is 406. The zero-order chi connectivity index (χ0) is 12.8. The predicted molar refractivity (Wildman–Crippen MR) is 68.1 cm³/mol. The monoisotopic (exact) mass is 249 g/mol. The molecule has 1 aromatic rings. The van der Waals surface area contributed by atoms with Gasteiger partial charge in [0.15, 0.2) is 0 Å². The number of carbonyl (C=O) groups excluding carboxylic acids is 1. The smallest absolute Gasteiger partial charge is 0.307 e. The lowest BCUT2D eigenvalue weighted by atomic mass is 9.99. The number of benzene rings is 1. The van der Waals surface area contributed by atoms with Gasteiger partial charge in [-0.1, -0.05) is 24.3 Å². The van der Waals surface area contributed by atoms with Crippen molar-refractivity contribution in [2.75, 3.05) is 19.8 Å². The van der Waals surface area contributed by atoms with Gasteiger partial charge in [0, 0.05) is 6.54 Å². The van der Waals surface area contributed by atoms with Crippen LogP contribution in [0.2, 0.25) is 0 Å². The summed E-state index contributed by atoms with van der Waals surface area (Å²) in [6.07, 6.45) is 0.395. The van der Waals surface area contributed by atoms with E-state index in [0.29, 0.717) is 32.8 Å². The van der Waals surface area contributed by atoms with Gasteiger partial charge in [-0.25, -0.2) is 0 Å². The molecule has 4 nitrogen and oxygen atoms in total. The quantitative estimate of drug-likeness (QED) is 0.808. The lowest BCUT2D eigenvalue weighted by Crippen LogP contribution is -2.31. The number of hydrogen-bond acceptors (Lipinski definition) is 4.